The van der Waals surface area contributed by atoms with Gasteiger partial charge in [-0.1, -0.05) is 0 Å². The van der Waals surface area contributed by atoms with Crippen molar-refractivity contribution in [3.8, 4) is 0 Å². The summed E-state index contributed by atoms with van der Waals surface area (Å²) in [6, 6.07) is 3.86. The minimum absolute atomic E-state index is 0.0434. The molecule has 2 aromatic heterocycles. The monoisotopic (exact) mass is 385 g/mol. The second kappa shape index (κ2) is 6.63. The number of fused-ring (bicyclic) bond motifs is 2. The molecule has 8 heteroatoms. The summed E-state index contributed by atoms with van der Waals surface area (Å²) in [5.74, 6) is 0.0434. The summed E-state index contributed by atoms with van der Waals surface area (Å²) < 4.78 is 0. The van der Waals surface area contributed by atoms with Crippen LogP contribution in [0.2, 0.25) is 0 Å². The molecule has 142 valence electrons. The summed E-state index contributed by atoms with van der Waals surface area (Å²) in [5, 5.41) is 13.4. The number of carbonyl (C=O) groups is 1. The summed E-state index contributed by atoms with van der Waals surface area (Å²) >= 11 is 1.68. The molecule has 5 rings (SSSR count). The summed E-state index contributed by atoms with van der Waals surface area (Å²) in [5.41, 5.74) is 0.578. The van der Waals surface area contributed by atoms with Crippen LogP contribution < -0.4 is 0 Å². The van der Waals surface area contributed by atoms with Gasteiger partial charge < -0.3 is 10.0 Å². The maximum Gasteiger partial charge on any atom is 0.255 e. The highest BCUT2D eigenvalue weighted by atomic mass is 32.1. The SMILES string of the molecule is O=C(c1cccnc1)N1C[C@H]2C[C@@H](O)CN2C2(CN(Cc3nccs3)C2)C1. The van der Waals surface area contributed by atoms with Crippen molar-refractivity contribution in [2.75, 3.05) is 32.7 Å². The van der Waals surface area contributed by atoms with Gasteiger partial charge in [0.05, 0.1) is 23.8 Å². The molecule has 1 spiro atoms. The molecular formula is C19H23N5O2S. The van der Waals surface area contributed by atoms with Gasteiger partial charge in [-0.05, 0) is 18.6 Å². The predicted molar refractivity (Wildman–Crippen MR) is 101 cm³/mol. The summed E-state index contributed by atoms with van der Waals surface area (Å²) in [6.07, 6.45) is 5.61. The van der Waals surface area contributed by atoms with Crippen molar-refractivity contribution in [3.05, 3.63) is 46.7 Å². The number of nitrogens with zero attached hydrogens (tertiary/aromatic N) is 5. The Hall–Kier alpha value is -1.87. The van der Waals surface area contributed by atoms with E-state index in [1.165, 1.54) is 0 Å². The molecule has 5 heterocycles. The van der Waals surface area contributed by atoms with Gasteiger partial charge >= 0.3 is 0 Å². The molecule has 0 saturated carbocycles. The highest BCUT2D eigenvalue weighted by molar-refractivity contribution is 7.09. The van der Waals surface area contributed by atoms with E-state index in [2.05, 4.69) is 19.8 Å². The number of hydrogen-bond acceptors (Lipinski definition) is 7. The fraction of sp³-hybridized carbons (Fsp3) is 0.526. The molecule has 3 fully saturated rings. The number of β-amino-alcohol motifs (C(OH)–C–C–N with tert-alkyl or cyclic N) is 1. The average molecular weight is 385 g/mol. The highest BCUT2D eigenvalue weighted by Crippen LogP contribution is 2.39. The molecule has 3 aliphatic heterocycles. The van der Waals surface area contributed by atoms with Gasteiger partial charge in [-0.2, -0.15) is 0 Å². The third-order valence-electron chi connectivity index (χ3n) is 5.99. The molecule has 0 aliphatic carbocycles. The Labute approximate surface area is 162 Å². The van der Waals surface area contributed by atoms with Gasteiger partial charge in [0.2, 0.25) is 0 Å². The Bertz CT molecular complexity index is 809. The summed E-state index contributed by atoms with van der Waals surface area (Å²) in [6.45, 7) is 4.78. The van der Waals surface area contributed by atoms with E-state index < -0.39 is 0 Å². The van der Waals surface area contributed by atoms with Crippen LogP contribution in [0.15, 0.2) is 36.1 Å². The van der Waals surface area contributed by atoms with Crippen LogP contribution in [0.25, 0.3) is 0 Å². The molecule has 2 atom stereocenters. The molecule has 1 N–H and O–H groups in total. The number of carbonyl (C=O) groups excluding carboxylic acids is 1. The topological polar surface area (TPSA) is 72.8 Å². The van der Waals surface area contributed by atoms with Gasteiger partial charge in [0.25, 0.3) is 5.91 Å². The molecule has 0 unspecified atom stereocenters. The lowest BCUT2D eigenvalue weighted by Crippen LogP contribution is -2.78. The van der Waals surface area contributed by atoms with Crippen LogP contribution in [0, 0.1) is 0 Å². The zero-order chi connectivity index (χ0) is 18.4. The van der Waals surface area contributed by atoms with Gasteiger partial charge in [-0.3, -0.25) is 19.6 Å². The first-order valence-corrected chi connectivity index (χ1v) is 10.3. The smallest absolute Gasteiger partial charge is 0.255 e. The number of pyridine rings is 1. The largest absolute Gasteiger partial charge is 0.392 e. The van der Waals surface area contributed by atoms with Crippen LogP contribution >= 0.6 is 11.3 Å². The van der Waals surface area contributed by atoms with E-state index >= 15 is 0 Å². The van der Waals surface area contributed by atoms with E-state index in [0.29, 0.717) is 25.2 Å². The maximum absolute atomic E-state index is 13.0. The zero-order valence-electron chi connectivity index (χ0n) is 15.1. The normalized spacial score (nSPS) is 27.5. The van der Waals surface area contributed by atoms with Crippen molar-refractivity contribution in [2.45, 2.75) is 30.7 Å². The quantitative estimate of drug-likeness (QED) is 0.838. The van der Waals surface area contributed by atoms with Crippen LogP contribution in [0.4, 0.5) is 0 Å². The number of thiazole rings is 1. The molecule has 0 radical (unpaired) electrons. The molecule has 2 aromatic rings. The average Bonchev–Trinajstić information content (AvgIpc) is 3.29. The Kier molecular flexibility index (Phi) is 4.23. The van der Waals surface area contributed by atoms with Gasteiger partial charge in [0.15, 0.2) is 0 Å². The number of piperazine rings is 1. The summed E-state index contributed by atoms with van der Waals surface area (Å²) in [4.78, 5) is 28.3. The minimum Gasteiger partial charge on any atom is -0.392 e. The van der Waals surface area contributed by atoms with E-state index in [9.17, 15) is 9.90 Å². The van der Waals surface area contributed by atoms with Crippen molar-refractivity contribution < 1.29 is 9.90 Å². The van der Waals surface area contributed by atoms with E-state index in [1.54, 1.807) is 29.8 Å². The lowest BCUT2D eigenvalue weighted by molar-refractivity contribution is -0.108. The molecule has 0 bridgehead atoms. The van der Waals surface area contributed by atoms with Crippen LogP contribution in [-0.4, -0.2) is 86.1 Å². The van der Waals surface area contributed by atoms with Crippen LogP contribution in [0.3, 0.4) is 0 Å². The number of hydrogen-bond donors (Lipinski definition) is 1. The van der Waals surface area contributed by atoms with Crippen LogP contribution in [0.5, 0.6) is 0 Å². The molecule has 0 aromatic carbocycles. The van der Waals surface area contributed by atoms with Gasteiger partial charge in [0, 0.05) is 62.7 Å². The fourth-order valence-electron chi connectivity index (χ4n) is 4.94. The second-order valence-corrected chi connectivity index (χ2v) is 8.90. The van der Waals surface area contributed by atoms with Gasteiger partial charge in [-0.15, -0.1) is 11.3 Å². The van der Waals surface area contributed by atoms with Crippen molar-refractivity contribution in [2.24, 2.45) is 0 Å². The van der Waals surface area contributed by atoms with Crippen molar-refractivity contribution in [1.82, 2.24) is 24.7 Å². The third-order valence-corrected chi connectivity index (χ3v) is 6.76. The van der Waals surface area contributed by atoms with Crippen LogP contribution in [0.1, 0.15) is 21.8 Å². The van der Waals surface area contributed by atoms with E-state index in [-0.39, 0.29) is 23.6 Å². The maximum atomic E-state index is 13.0. The zero-order valence-corrected chi connectivity index (χ0v) is 15.9. The molecule has 1 amide bonds. The Morgan fingerprint density at radius 3 is 2.93 bits per heavy atom. The summed E-state index contributed by atoms with van der Waals surface area (Å²) in [7, 11) is 0. The standard InChI is InChI=1S/C19H23N5O2S/c25-16-6-15-8-23(18(26)14-2-1-3-20-7-14)13-19(24(15)9-16)11-22(12-19)10-17-21-4-5-27-17/h1-5,7,15-16,25H,6,8-13H2/t15-,16-/m1/s1. The Morgan fingerprint density at radius 1 is 1.30 bits per heavy atom. The van der Waals surface area contributed by atoms with Crippen molar-refractivity contribution in [1.29, 1.82) is 0 Å². The Balaban J connectivity index is 1.35. The first kappa shape index (κ1) is 17.2. The molecule has 3 aliphatic rings. The first-order chi connectivity index (χ1) is 13.1. The second-order valence-electron chi connectivity index (χ2n) is 7.92. The predicted octanol–water partition coefficient (Wildman–Crippen LogP) is 0.684. The number of aromatic nitrogens is 2. The number of aliphatic hydroxyl groups excluding tert-OH is 1. The molecule has 27 heavy (non-hydrogen) atoms. The van der Waals surface area contributed by atoms with Crippen LogP contribution in [-0.2, 0) is 6.54 Å². The molecule has 3 saturated heterocycles. The molecular weight excluding hydrogens is 362 g/mol. The highest BCUT2D eigenvalue weighted by Gasteiger charge is 2.56. The first-order valence-electron chi connectivity index (χ1n) is 9.38. The van der Waals surface area contributed by atoms with Gasteiger partial charge in [-0.25, -0.2) is 4.98 Å². The number of likely N-dealkylation sites (tertiary alicyclic amines) is 1. The van der Waals surface area contributed by atoms with E-state index in [0.717, 1.165) is 31.1 Å². The minimum atomic E-state index is -0.298. The third kappa shape index (κ3) is 3.06. The van der Waals surface area contributed by atoms with Gasteiger partial charge in [0.1, 0.15) is 5.01 Å². The van der Waals surface area contributed by atoms with E-state index in [1.807, 2.05) is 22.5 Å². The lowest BCUT2D eigenvalue weighted by Gasteiger charge is -2.61. The lowest BCUT2D eigenvalue weighted by atomic mass is 9.83. The van der Waals surface area contributed by atoms with E-state index in [4.69, 9.17) is 0 Å². The number of aliphatic hydroxyl groups is 1. The fourth-order valence-corrected chi connectivity index (χ4v) is 5.60. The molecule has 7 nitrogen and oxygen atoms in total. The Morgan fingerprint density at radius 2 is 2.19 bits per heavy atom. The van der Waals surface area contributed by atoms with Crippen molar-refractivity contribution in [3.63, 3.8) is 0 Å². The number of amides is 1. The number of rotatable bonds is 3. The van der Waals surface area contributed by atoms with Crippen molar-refractivity contribution >= 4 is 17.2 Å².